The van der Waals surface area contributed by atoms with Gasteiger partial charge in [0.05, 0.1) is 40.8 Å². The molecule has 0 aromatic rings. The lowest BCUT2D eigenvalue weighted by Crippen LogP contribution is -2.37. The molecule has 0 radical (unpaired) electrons. The molecular formula is C52H92NO7P. The average molecular weight is 874 g/mol. The first-order chi connectivity index (χ1) is 29.6. The number of phosphoric acid groups is 1. The number of rotatable bonds is 44. The van der Waals surface area contributed by atoms with Gasteiger partial charge in [-0.2, -0.15) is 0 Å². The van der Waals surface area contributed by atoms with Crippen LogP contribution in [0.15, 0.2) is 85.1 Å². The molecule has 0 bridgehead atoms. The first-order valence-corrected chi connectivity index (χ1v) is 25.8. The molecule has 2 atom stereocenters. The number of esters is 1. The van der Waals surface area contributed by atoms with E-state index in [2.05, 4.69) is 86.8 Å². The fraction of sp³-hybridized carbons (Fsp3) is 0.712. The van der Waals surface area contributed by atoms with Crippen LogP contribution in [-0.4, -0.2) is 70.7 Å². The normalized spacial score (nSPS) is 14.4. The van der Waals surface area contributed by atoms with E-state index in [9.17, 15) is 14.3 Å². The van der Waals surface area contributed by atoms with Crippen LogP contribution in [0.4, 0.5) is 0 Å². The summed E-state index contributed by atoms with van der Waals surface area (Å²) in [6, 6.07) is 0. The standard InChI is InChI=1S/C52H92NO7P/c1-6-8-10-12-14-16-18-20-22-23-24-25-26-27-28-29-30-32-34-36-38-40-42-44-47-57-49-51(50-59-61(55,56)58-48-46-53(3,4)5)60-52(54)45-43-41-39-37-35-33-31-21-19-17-15-13-11-9-7-2/h9,11,15,17-18,20-21,23-24,31,35,37,41,43,51H,6-8,10,12-14,16,19,22,25-30,32-34,36,38-40,42,44-50H2,1-5H3/b11-9-,17-15-,20-18-,24-23-,31-21-,37-35-,43-41-. The molecule has 0 aromatic heterocycles. The van der Waals surface area contributed by atoms with Crippen LogP contribution in [-0.2, 0) is 27.9 Å². The lowest BCUT2D eigenvalue weighted by atomic mass is 10.0. The Bertz CT molecular complexity index is 1250. The van der Waals surface area contributed by atoms with Crippen LogP contribution in [0.5, 0.6) is 0 Å². The van der Waals surface area contributed by atoms with Gasteiger partial charge in [0.15, 0.2) is 0 Å². The van der Waals surface area contributed by atoms with Crippen LogP contribution in [0.25, 0.3) is 0 Å². The Kier molecular flexibility index (Phi) is 42.6. The van der Waals surface area contributed by atoms with Crippen molar-refractivity contribution in [3.05, 3.63) is 85.1 Å². The first-order valence-electron chi connectivity index (χ1n) is 24.3. The molecule has 0 saturated heterocycles. The maximum atomic E-state index is 12.6. The minimum atomic E-state index is -4.56. The minimum absolute atomic E-state index is 0.00556. The molecule has 0 fully saturated rings. The topological polar surface area (TPSA) is 94.1 Å². The van der Waals surface area contributed by atoms with Gasteiger partial charge in [-0.1, -0.05) is 189 Å². The smallest absolute Gasteiger partial charge is 0.310 e. The number of carbonyl (C=O) groups excluding carboxylic acids is 1. The van der Waals surface area contributed by atoms with E-state index in [0.29, 0.717) is 24.1 Å². The zero-order valence-corrected chi connectivity index (χ0v) is 40.7. The van der Waals surface area contributed by atoms with Gasteiger partial charge in [0, 0.05) is 6.61 Å². The van der Waals surface area contributed by atoms with Gasteiger partial charge in [-0.3, -0.25) is 9.36 Å². The molecule has 0 aliphatic carbocycles. The summed E-state index contributed by atoms with van der Waals surface area (Å²) in [6.45, 7) is 5.14. The van der Waals surface area contributed by atoms with Gasteiger partial charge in [0.2, 0.25) is 0 Å². The molecule has 8 nitrogen and oxygen atoms in total. The van der Waals surface area contributed by atoms with Gasteiger partial charge >= 0.3 is 5.97 Å². The summed E-state index contributed by atoms with van der Waals surface area (Å²) in [5, 5.41) is 0. The summed E-state index contributed by atoms with van der Waals surface area (Å²) < 4.78 is 34.5. The van der Waals surface area contributed by atoms with Gasteiger partial charge in [-0.25, -0.2) is 0 Å². The van der Waals surface area contributed by atoms with Gasteiger partial charge in [0.25, 0.3) is 7.82 Å². The van der Waals surface area contributed by atoms with Gasteiger partial charge in [-0.05, 0) is 70.6 Å². The van der Waals surface area contributed by atoms with Gasteiger partial charge in [0.1, 0.15) is 19.3 Å². The van der Waals surface area contributed by atoms with Crippen molar-refractivity contribution < 1.29 is 37.3 Å². The number of hydrogen-bond donors (Lipinski definition) is 0. The quantitative estimate of drug-likeness (QED) is 0.0198. The van der Waals surface area contributed by atoms with Gasteiger partial charge < -0.3 is 27.9 Å². The summed E-state index contributed by atoms with van der Waals surface area (Å²) >= 11 is 0. The number of phosphoric ester groups is 1. The summed E-state index contributed by atoms with van der Waals surface area (Å²) in [4.78, 5) is 25.0. The predicted octanol–water partition coefficient (Wildman–Crippen LogP) is 14.2. The van der Waals surface area contributed by atoms with E-state index < -0.39 is 19.9 Å². The third-order valence-corrected chi connectivity index (χ3v) is 10.9. The summed E-state index contributed by atoms with van der Waals surface area (Å²) in [7, 11) is 1.29. The molecule has 0 amide bonds. The number of carbonyl (C=O) groups is 1. The van der Waals surface area contributed by atoms with Crippen molar-refractivity contribution in [2.24, 2.45) is 0 Å². The van der Waals surface area contributed by atoms with E-state index in [1.807, 2.05) is 27.2 Å². The van der Waals surface area contributed by atoms with E-state index in [0.717, 1.165) is 44.9 Å². The lowest BCUT2D eigenvalue weighted by Gasteiger charge is -2.28. The Morgan fingerprint density at radius 3 is 1.43 bits per heavy atom. The Balaban J connectivity index is 4.22. The van der Waals surface area contributed by atoms with Crippen molar-refractivity contribution in [1.82, 2.24) is 0 Å². The molecule has 0 spiro atoms. The van der Waals surface area contributed by atoms with Crippen molar-refractivity contribution in [1.29, 1.82) is 0 Å². The lowest BCUT2D eigenvalue weighted by molar-refractivity contribution is -0.870. The Labute approximate surface area is 375 Å². The van der Waals surface area contributed by atoms with E-state index in [1.165, 1.54) is 109 Å². The Hall–Kier alpha value is -2.32. The van der Waals surface area contributed by atoms with Crippen LogP contribution >= 0.6 is 7.82 Å². The summed E-state index contributed by atoms with van der Waals surface area (Å²) in [6.07, 6.45) is 59.3. The Morgan fingerprint density at radius 1 is 0.525 bits per heavy atom. The first kappa shape index (κ1) is 58.7. The van der Waals surface area contributed by atoms with Crippen LogP contribution < -0.4 is 4.89 Å². The molecular weight excluding hydrogens is 782 g/mol. The van der Waals surface area contributed by atoms with E-state index in [4.69, 9.17) is 18.5 Å². The predicted molar refractivity (Wildman–Crippen MR) is 258 cm³/mol. The minimum Gasteiger partial charge on any atom is -0.756 e. The third-order valence-electron chi connectivity index (χ3n) is 9.96. The fourth-order valence-electron chi connectivity index (χ4n) is 6.24. The highest BCUT2D eigenvalue weighted by atomic mass is 31.2. The molecule has 0 saturated carbocycles. The second-order valence-electron chi connectivity index (χ2n) is 17.1. The second kappa shape index (κ2) is 44.3. The van der Waals surface area contributed by atoms with Gasteiger partial charge in [-0.15, -0.1) is 0 Å². The zero-order valence-electron chi connectivity index (χ0n) is 39.8. The second-order valence-corrected chi connectivity index (χ2v) is 18.5. The van der Waals surface area contributed by atoms with Crippen LogP contribution in [0.2, 0.25) is 0 Å². The molecule has 61 heavy (non-hydrogen) atoms. The summed E-state index contributed by atoms with van der Waals surface area (Å²) in [5.74, 6) is -0.462. The van der Waals surface area contributed by atoms with Crippen LogP contribution in [0.3, 0.4) is 0 Å². The van der Waals surface area contributed by atoms with E-state index in [-0.39, 0.29) is 26.2 Å². The number of unbranched alkanes of at least 4 members (excludes halogenated alkanes) is 17. The highest BCUT2D eigenvalue weighted by Gasteiger charge is 2.20. The molecule has 0 aliphatic rings. The highest BCUT2D eigenvalue weighted by Crippen LogP contribution is 2.38. The molecule has 352 valence electrons. The van der Waals surface area contributed by atoms with Crippen molar-refractivity contribution in [2.45, 2.75) is 187 Å². The molecule has 0 heterocycles. The number of hydrogen-bond acceptors (Lipinski definition) is 7. The van der Waals surface area contributed by atoms with Crippen molar-refractivity contribution in [3.8, 4) is 0 Å². The maximum absolute atomic E-state index is 12.6. The zero-order chi connectivity index (χ0) is 44.8. The van der Waals surface area contributed by atoms with Crippen LogP contribution in [0.1, 0.15) is 181 Å². The van der Waals surface area contributed by atoms with Crippen molar-refractivity contribution in [3.63, 3.8) is 0 Å². The SMILES string of the molecule is CC/C=C\C/C=C\C/C=C\C/C=C\C/C=C\CC(=O)OC(COCCCCCCCCCCCCCC/C=C\C/C=C\CCCCCCC)COP(=O)([O-])OCC[N+](C)(C)C. The molecule has 0 rings (SSSR count). The molecule has 0 aliphatic heterocycles. The molecule has 2 unspecified atom stereocenters. The molecule has 9 heteroatoms. The van der Waals surface area contributed by atoms with Crippen molar-refractivity contribution in [2.75, 3.05) is 54.1 Å². The number of quaternary nitrogens is 1. The van der Waals surface area contributed by atoms with Crippen molar-refractivity contribution >= 4 is 13.8 Å². The summed E-state index contributed by atoms with van der Waals surface area (Å²) in [5.41, 5.74) is 0. The van der Waals surface area contributed by atoms with E-state index in [1.54, 1.807) is 6.08 Å². The van der Waals surface area contributed by atoms with Crippen LogP contribution in [0, 0.1) is 0 Å². The Morgan fingerprint density at radius 2 is 0.951 bits per heavy atom. The third kappa shape index (κ3) is 48.6. The molecule has 0 aromatic carbocycles. The monoisotopic (exact) mass is 874 g/mol. The maximum Gasteiger partial charge on any atom is 0.310 e. The average Bonchev–Trinajstić information content (AvgIpc) is 3.22. The number of ether oxygens (including phenoxy) is 2. The largest absolute Gasteiger partial charge is 0.756 e. The van der Waals surface area contributed by atoms with E-state index >= 15 is 0 Å². The molecule has 0 N–H and O–H groups in total. The number of nitrogens with zero attached hydrogens (tertiary/aromatic N) is 1. The number of allylic oxidation sites excluding steroid dienone is 13. The number of likely N-dealkylation sites (N-methyl/N-ethyl adjacent to an activating group) is 1. The fourth-order valence-corrected chi connectivity index (χ4v) is 6.97. The highest BCUT2D eigenvalue weighted by molar-refractivity contribution is 7.45.